The van der Waals surface area contributed by atoms with E-state index in [0.717, 1.165) is 16.1 Å². The predicted octanol–water partition coefficient (Wildman–Crippen LogP) is 0.624. The Morgan fingerprint density at radius 1 is 1.38 bits per heavy atom. The molecule has 1 heterocycles. The number of carbonyl (C=O) groups is 1. The first-order chi connectivity index (χ1) is 6.20. The second-order valence-corrected chi connectivity index (χ2v) is 3.45. The van der Waals surface area contributed by atoms with Crippen molar-refractivity contribution >= 4 is 23.1 Å². The molecule has 1 aliphatic heterocycles. The molecule has 0 aromatic heterocycles. The van der Waals surface area contributed by atoms with Gasteiger partial charge in [0.15, 0.2) is 0 Å². The van der Waals surface area contributed by atoms with Gasteiger partial charge in [-0.1, -0.05) is 18.2 Å². The average molecular weight is 194 g/mol. The van der Waals surface area contributed by atoms with Gasteiger partial charge in [0.2, 0.25) is 0 Å². The predicted molar refractivity (Wildman–Crippen MR) is 51.0 cm³/mol. The Morgan fingerprint density at radius 2 is 2.08 bits per heavy atom. The number of hydrogen-bond donors (Lipinski definition) is 0. The number of carbonyl (C=O) groups excluding carboxylic acids is 1. The first kappa shape index (κ1) is 8.45. The van der Waals surface area contributed by atoms with Crippen molar-refractivity contribution in [3.05, 3.63) is 34.8 Å². The molecule has 0 saturated heterocycles. The SMILES string of the molecule is CC1=c2ccccc2=NC(=O)C1Cl. The number of alkyl halides is 1. The van der Waals surface area contributed by atoms with Gasteiger partial charge in [0.25, 0.3) is 5.91 Å². The highest BCUT2D eigenvalue weighted by Crippen LogP contribution is 2.11. The molecule has 0 aliphatic carbocycles. The minimum absolute atomic E-state index is 0.266. The van der Waals surface area contributed by atoms with Crippen LogP contribution in [0.1, 0.15) is 6.92 Å². The lowest BCUT2D eigenvalue weighted by Crippen LogP contribution is -2.36. The summed E-state index contributed by atoms with van der Waals surface area (Å²) in [5.74, 6) is -0.266. The molecule has 1 aromatic carbocycles. The van der Waals surface area contributed by atoms with E-state index in [2.05, 4.69) is 4.99 Å². The Kier molecular flexibility index (Phi) is 1.93. The number of nitrogens with zero attached hydrogens (tertiary/aromatic N) is 1. The zero-order valence-corrected chi connectivity index (χ0v) is 7.88. The minimum Gasteiger partial charge on any atom is -0.270 e. The van der Waals surface area contributed by atoms with Crippen LogP contribution < -0.4 is 10.6 Å². The molecule has 2 rings (SSSR count). The summed E-state index contributed by atoms with van der Waals surface area (Å²) >= 11 is 5.86. The Balaban J connectivity index is 2.89. The van der Waals surface area contributed by atoms with Gasteiger partial charge < -0.3 is 0 Å². The Hall–Kier alpha value is -1.15. The van der Waals surface area contributed by atoms with Gasteiger partial charge in [0.05, 0.1) is 5.36 Å². The van der Waals surface area contributed by atoms with Gasteiger partial charge >= 0.3 is 0 Å². The quantitative estimate of drug-likeness (QED) is 0.556. The van der Waals surface area contributed by atoms with Crippen LogP contribution in [0.4, 0.5) is 0 Å². The third kappa shape index (κ3) is 1.27. The maximum atomic E-state index is 11.2. The van der Waals surface area contributed by atoms with E-state index in [1.54, 1.807) is 0 Å². The highest BCUT2D eigenvalue weighted by Gasteiger charge is 2.20. The number of benzene rings is 1. The van der Waals surface area contributed by atoms with E-state index in [0.29, 0.717) is 0 Å². The van der Waals surface area contributed by atoms with Crippen LogP contribution in [0.25, 0.3) is 5.57 Å². The second kappa shape index (κ2) is 2.96. The normalized spacial score (nSPS) is 20.9. The van der Waals surface area contributed by atoms with E-state index >= 15 is 0 Å². The maximum absolute atomic E-state index is 11.2. The molecule has 3 heteroatoms. The summed E-state index contributed by atoms with van der Waals surface area (Å²) in [4.78, 5) is 15.1. The third-order valence-corrected chi connectivity index (χ3v) is 2.67. The largest absolute Gasteiger partial charge is 0.270 e. The van der Waals surface area contributed by atoms with Gasteiger partial charge in [-0.25, -0.2) is 4.99 Å². The van der Waals surface area contributed by atoms with E-state index in [9.17, 15) is 4.79 Å². The number of halogens is 1. The van der Waals surface area contributed by atoms with Gasteiger partial charge in [-0.3, -0.25) is 4.79 Å². The Morgan fingerprint density at radius 3 is 2.85 bits per heavy atom. The summed E-state index contributed by atoms with van der Waals surface area (Å²) in [6, 6.07) is 7.52. The van der Waals surface area contributed by atoms with Crippen molar-refractivity contribution in [2.75, 3.05) is 0 Å². The maximum Gasteiger partial charge on any atom is 0.268 e. The van der Waals surface area contributed by atoms with E-state index in [4.69, 9.17) is 11.6 Å². The first-order valence-corrected chi connectivity index (χ1v) is 4.46. The van der Waals surface area contributed by atoms with E-state index in [1.807, 2.05) is 31.2 Å². The summed E-state index contributed by atoms with van der Waals surface area (Å²) in [5.41, 5.74) is 0.886. The highest BCUT2D eigenvalue weighted by molar-refractivity contribution is 6.36. The van der Waals surface area contributed by atoms with Crippen LogP contribution in [0, 0.1) is 0 Å². The molecule has 13 heavy (non-hydrogen) atoms. The smallest absolute Gasteiger partial charge is 0.268 e. The highest BCUT2D eigenvalue weighted by atomic mass is 35.5. The first-order valence-electron chi connectivity index (χ1n) is 4.02. The van der Waals surface area contributed by atoms with Gasteiger partial charge in [0, 0.05) is 5.22 Å². The molecule has 1 amide bonds. The van der Waals surface area contributed by atoms with Gasteiger partial charge in [-0.2, -0.15) is 0 Å². The van der Waals surface area contributed by atoms with Crippen molar-refractivity contribution in [2.45, 2.75) is 12.3 Å². The molecule has 0 bridgehead atoms. The molecule has 1 atom stereocenters. The second-order valence-electron chi connectivity index (χ2n) is 3.01. The van der Waals surface area contributed by atoms with Crippen molar-refractivity contribution in [1.82, 2.24) is 0 Å². The standard InChI is InChI=1S/C10H8ClNO/c1-6-7-4-2-3-5-8(7)12-10(13)9(6)11/h2-5,9H,1H3. The van der Waals surface area contributed by atoms with Crippen molar-refractivity contribution in [2.24, 2.45) is 4.99 Å². The summed E-state index contributed by atoms with van der Waals surface area (Å²) < 4.78 is 0. The van der Waals surface area contributed by atoms with Crippen molar-refractivity contribution in [3.8, 4) is 0 Å². The molecule has 2 nitrogen and oxygen atoms in total. The van der Waals surface area contributed by atoms with Crippen molar-refractivity contribution < 1.29 is 4.79 Å². The van der Waals surface area contributed by atoms with Gasteiger partial charge in [-0.15, -0.1) is 11.6 Å². The van der Waals surface area contributed by atoms with Gasteiger partial charge in [0.1, 0.15) is 5.38 Å². The van der Waals surface area contributed by atoms with E-state index in [-0.39, 0.29) is 5.91 Å². The fraction of sp³-hybridized carbons (Fsp3) is 0.200. The average Bonchev–Trinajstić information content (AvgIpc) is 2.15. The van der Waals surface area contributed by atoms with Crippen LogP contribution in [-0.2, 0) is 4.79 Å². The summed E-state index contributed by atoms with van der Waals surface area (Å²) in [7, 11) is 0. The lowest BCUT2D eigenvalue weighted by Gasteiger charge is -2.10. The number of para-hydroxylation sites is 1. The number of hydrogen-bond acceptors (Lipinski definition) is 1. The van der Waals surface area contributed by atoms with E-state index in [1.165, 1.54) is 0 Å². The molecule has 0 N–H and O–H groups in total. The molecule has 0 spiro atoms. The molecule has 0 radical (unpaired) electrons. The lowest BCUT2D eigenvalue weighted by molar-refractivity contribution is -0.116. The number of rotatable bonds is 0. The van der Waals surface area contributed by atoms with Crippen LogP contribution in [0.3, 0.4) is 0 Å². The zero-order valence-electron chi connectivity index (χ0n) is 7.12. The summed E-state index contributed by atoms with van der Waals surface area (Å²) in [5, 5.41) is 1.11. The van der Waals surface area contributed by atoms with Crippen LogP contribution in [-0.4, -0.2) is 11.3 Å². The molecule has 1 aliphatic rings. The minimum atomic E-state index is -0.588. The zero-order chi connectivity index (χ0) is 9.42. The molecule has 0 fully saturated rings. The molecule has 0 saturated carbocycles. The molecular weight excluding hydrogens is 186 g/mol. The van der Waals surface area contributed by atoms with Crippen LogP contribution in [0.15, 0.2) is 29.3 Å². The molecule has 1 unspecified atom stereocenters. The fourth-order valence-corrected chi connectivity index (χ4v) is 1.57. The van der Waals surface area contributed by atoms with Crippen molar-refractivity contribution in [1.29, 1.82) is 0 Å². The molecule has 66 valence electrons. The lowest BCUT2D eigenvalue weighted by atomic mass is 10.1. The summed E-state index contributed by atoms with van der Waals surface area (Å²) in [6.45, 7) is 1.86. The van der Waals surface area contributed by atoms with Gasteiger partial charge in [-0.05, 0) is 18.6 Å². The monoisotopic (exact) mass is 193 g/mol. The Labute approximate surface area is 80.6 Å². The molecule has 1 aromatic rings. The fourth-order valence-electron chi connectivity index (χ4n) is 1.40. The topological polar surface area (TPSA) is 29.4 Å². The number of fused-ring (bicyclic) bond motifs is 1. The molecular formula is C10H8ClNO. The van der Waals surface area contributed by atoms with Crippen molar-refractivity contribution in [3.63, 3.8) is 0 Å². The summed E-state index contributed by atoms with van der Waals surface area (Å²) in [6.07, 6.45) is 0. The van der Waals surface area contributed by atoms with Crippen LogP contribution >= 0.6 is 11.6 Å². The van der Waals surface area contributed by atoms with Crippen LogP contribution in [0.2, 0.25) is 0 Å². The number of amides is 1. The Bertz CT molecular complexity index is 478. The van der Waals surface area contributed by atoms with Crippen LogP contribution in [0.5, 0.6) is 0 Å². The van der Waals surface area contributed by atoms with E-state index < -0.39 is 5.38 Å². The third-order valence-electron chi connectivity index (χ3n) is 2.16.